The van der Waals surface area contributed by atoms with Gasteiger partial charge in [0.05, 0.1) is 6.61 Å². The van der Waals surface area contributed by atoms with Crippen molar-refractivity contribution in [2.75, 3.05) is 12.8 Å². The van der Waals surface area contributed by atoms with Crippen LogP contribution >= 0.6 is 7.60 Å². The van der Waals surface area contributed by atoms with E-state index < -0.39 is 7.60 Å². The highest BCUT2D eigenvalue weighted by molar-refractivity contribution is 7.53. The van der Waals surface area contributed by atoms with Crippen LogP contribution in [0.25, 0.3) is 0 Å². The van der Waals surface area contributed by atoms with Gasteiger partial charge in [-0.1, -0.05) is 34.6 Å². The smallest absolute Gasteiger partial charge is 0.309 e. The summed E-state index contributed by atoms with van der Waals surface area (Å²) in [6, 6.07) is 0. The largest absolute Gasteiger partial charge is 0.332 e. The minimum atomic E-state index is -3.04. The van der Waals surface area contributed by atoms with Crippen LogP contribution in [-0.2, 0) is 13.6 Å². The van der Waals surface area contributed by atoms with Crippen molar-refractivity contribution in [3.8, 4) is 0 Å². The van der Waals surface area contributed by atoms with E-state index in [1.807, 2.05) is 13.8 Å². The van der Waals surface area contributed by atoms with E-state index in [1.165, 1.54) is 0 Å². The fourth-order valence-corrected chi connectivity index (χ4v) is 3.60. The second-order valence-corrected chi connectivity index (χ2v) is 9.55. The number of nitrogens with one attached hydrogen (secondary N) is 1. The van der Waals surface area contributed by atoms with Crippen molar-refractivity contribution in [3.05, 3.63) is 0 Å². The summed E-state index contributed by atoms with van der Waals surface area (Å²) in [6.07, 6.45) is 1.78. The van der Waals surface area contributed by atoms with Crippen molar-refractivity contribution in [3.63, 3.8) is 0 Å². The van der Waals surface area contributed by atoms with Gasteiger partial charge in [-0.2, -0.15) is 0 Å². The average molecular weight is 307 g/mol. The van der Waals surface area contributed by atoms with Gasteiger partial charge in [-0.3, -0.25) is 14.4 Å². The third-order valence-corrected chi connectivity index (χ3v) is 4.71. The zero-order valence-corrected chi connectivity index (χ0v) is 15.5. The lowest BCUT2D eigenvalue weighted by atomic mass is 9.92. The van der Waals surface area contributed by atoms with Gasteiger partial charge in [0.25, 0.3) is 0 Å². The van der Waals surface area contributed by atoms with Crippen molar-refractivity contribution in [2.24, 2.45) is 5.41 Å². The molecule has 0 aromatic rings. The molecule has 0 aliphatic carbocycles. The van der Waals surface area contributed by atoms with Crippen molar-refractivity contribution in [1.29, 1.82) is 0 Å². The summed E-state index contributed by atoms with van der Waals surface area (Å²) >= 11 is 0. The first kappa shape index (κ1) is 20.1. The Balaban J connectivity index is 5.03. The predicted molar refractivity (Wildman–Crippen MR) is 86.2 cm³/mol. The van der Waals surface area contributed by atoms with Crippen LogP contribution in [0.1, 0.15) is 68.2 Å². The van der Waals surface area contributed by atoms with Gasteiger partial charge in [0, 0.05) is 17.1 Å². The molecular weight excluding hydrogens is 273 g/mol. The fourth-order valence-electron chi connectivity index (χ4n) is 1.61. The maximum atomic E-state index is 12.8. The first-order valence-corrected chi connectivity index (χ1v) is 9.36. The predicted octanol–water partition coefficient (Wildman–Crippen LogP) is 4.79. The highest BCUT2D eigenvalue weighted by atomic mass is 31.2. The van der Waals surface area contributed by atoms with Gasteiger partial charge >= 0.3 is 7.60 Å². The summed E-state index contributed by atoms with van der Waals surface area (Å²) in [5, 5.41) is 3.41. The summed E-state index contributed by atoms with van der Waals surface area (Å²) in [7, 11) is -3.04. The van der Waals surface area contributed by atoms with Crippen LogP contribution in [0.15, 0.2) is 0 Å². The molecule has 0 saturated carbocycles. The highest BCUT2D eigenvalue weighted by Crippen LogP contribution is 2.51. The van der Waals surface area contributed by atoms with Crippen LogP contribution in [0.3, 0.4) is 0 Å². The lowest BCUT2D eigenvalue weighted by molar-refractivity contribution is 0.0194. The van der Waals surface area contributed by atoms with Crippen LogP contribution in [-0.4, -0.2) is 24.5 Å². The molecule has 0 bridgehead atoms. The van der Waals surface area contributed by atoms with E-state index in [9.17, 15) is 4.57 Å². The van der Waals surface area contributed by atoms with Crippen LogP contribution in [0.2, 0.25) is 0 Å². The molecule has 0 amide bonds. The van der Waals surface area contributed by atoms with E-state index >= 15 is 0 Å². The molecule has 0 spiro atoms. The van der Waals surface area contributed by atoms with Gasteiger partial charge in [0.15, 0.2) is 0 Å². The topological polar surface area (TPSA) is 47.6 Å². The molecule has 0 aromatic carbocycles. The summed E-state index contributed by atoms with van der Waals surface area (Å²) < 4.78 is 24.3. The maximum Gasteiger partial charge on any atom is 0.332 e. The van der Waals surface area contributed by atoms with E-state index in [-0.39, 0.29) is 17.2 Å². The van der Waals surface area contributed by atoms with Gasteiger partial charge in [-0.15, -0.1) is 0 Å². The molecule has 0 aromatic heterocycles. The second-order valence-electron chi connectivity index (χ2n) is 7.41. The Hall–Kier alpha value is 0.110. The zero-order chi connectivity index (χ0) is 16.0. The van der Waals surface area contributed by atoms with Crippen LogP contribution in [0, 0.1) is 5.41 Å². The van der Waals surface area contributed by atoms with Gasteiger partial charge < -0.3 is 4.52 Å². The Bertz CT molecular complexity index is 318. The zero-order valence-electron chi connectivity index (χ0n) is 14.6. The molecule has 20 heavy (non-hydrogen) atoms. The van der Waals surface area contributed by atoms with E-state index in [0.29, 0.717) is 12.8 Å². The van der Waals surface area contributed by atoms with Crippen LogP contribution in [0.4, 0.5) is 0 Å². The molecule has 0 fully saturated rings. The molecule has 4 nitrogen and oxygen atoms in total. The van der Waals surface area contributed by atoms with E-state index in [0.717, 1.165) is 12.8 Å². The summed E-state index contributed by atoms with van der Waals surface area (Å²) in [5.74, 6) is 0. The fraction of sp³-hybridized carbons (Fsp3) is 1.00. The Morgan fingerprint density at radius 2 is 1.60 bits per heavy atom. The Morgan fingerprint density at radius 3 is 1.95 bits per heavy atom. The molecule has 0 rings (SSSR count). The lowest BCUT2D eigenvalue weighted by Crippen LogP contribution is -2.50. The van der Waals surface area contributed by atoms with Gasteiger partial charge in [-0.25, -0.2) is 0 Å². The summed E-state index contributed by atoms with van der Waals surface area (Å²) in [5.41, 5.74) is -0.272. The third kappa shape index (κ3) is 8.41. The van der Waals surface area contributed by atoms with Crippen LogP contribution in [0.5, 0.6) is 0 Å². The van der Waals surface area contributed by atoms with Crippen molar-refractivity contribution in [1.82, 2.24) is 5.32 Å². The second kappa shape index (κ2) is 7.93. The Kier molecular flexibility index (Phi) is 7.98. The number of hydrogen-bond donors (Lipinski definition) is 1. The Labute approximate surface area is 125 Å². The van der Waals surface area contributed by atoms with E-state index in [4.69, 9.17) is 9.05 Å². The van der Waals surface area contributed by atoms with Gasteiger partial charge in [0.2, 0.25) is 0 Å². The van der Waals surface area contributed by atoms with E-state index in [1.54, 1.807) is 0 Å². The van der Waals surface area contributed by atoms with Crippen LogP contribution < -0.4 is 5.32 Å². The normalized spacial score (nSPS) is 17.8. The molecule has 1 N–H and O–H groups in total. The molecule has 2 atom stereocenters. The van der Waals surface area contributed by atoms with Crippen molar-refractivity contribution < 1.29 is 13.6 Å². The van der Waals surface area contributed by atoms with Gasteiger partial charge in [0.1, 0.15) is 6.23 Å². The molecule has 0 radical (unpaired) electrons. The Morgan fingerprint density at radius 1 is 1.05 bits per heavy atom. The van der Waals surface area contributed by atoms with E-state index in [2.05, 4.69) is 46.9 Å². The van der Waals surface area contributed by atoms with Crippen molar-refractivity contribution >= 4 is 7.60 Å². The van der Waals surface area contributed by atoms with Crippen molar-refractivity contribution in [2.45, 2.75) is 80.0 Å². The average Bonchev–Trinajstić information content (AvgIpc) is 2.23. The summed E-state index contributed by atoms with van der Waals surface area (Å²) in [4.78, 5) is 0. The molecule has 122 valence electrons. The number of rotatable bonds is 8. The molecule has 0 heterocycles. The first-order valence-electron chi connectivity index (χ1n) is 7.63. The molecule has 2 unspecified atom stereocenters. The molecule has 0 aliphatic rings. The first-order chi connectivity index (χ1) is 8.93. The molecule has 0 aliphatic heterocycles. The number of hydrogen-bond acceptors (Lipinski definition) is 4. The monoisotopic (exact) mass is 307 g/mol. The summed E-state index contributed by atoms with van der Waals surface area (Å²) in [6.45, 7) is 16.9. The highest BCUT2D eigenvalue weighted by Gasteiger charge is 2.36. The molecule has 5 heteroatoms. The SMILES string of the molecule is CCCOP(=O)(CCC)OC(NC(C)(C)C)C(C)(C)C. The maximum absolute atomic E-state index is 12.8. The minimum absolute atomic E-state index is 0.111. The third-order valence-electron chi connectivity index (χ3n) is 2.61. The molecular formula is C15H34NO3P. The standard InChI is InChI=1S/C15H34NO3P/c1-9-11-18-20(17,12-10-2)19-13(14(3,4)5)16-15(6,7)8/h13,16H,9-12H2,1-8H3. The lowest BCUT2D eigenvalue weighted by Gasteiger charge is -2.38. The minimum Gasteiger partial charge on any atom is -0.309 e. The van der Waals surface area contributed by atoms with Gasteiger partial charge in [-0.05, 0) is 33.6 Å². The quantitative estimate of drug-likeness (QED) is 0.517. The molecule has 0 saturated heterocycles.